The fourth-order valence-corrected chi connectivity index (χ4v) is 1.35. The van der Waals surface area contributed by atoms with Gasteiger partial charge in [0.25, 0.3) is 0 Å². The molecule has 0 amide bonds. The molecule has 6 heteroatoms. The average molecular weight is 258 g/mol. The molecule has 1 aromatic rings. The summed E-state index contributed by atoms with van der Waals surface area (Å²) in [4.78, 5) is 22.4. The molecular weight excluding hydrogens is 246 g/mol. The lowest BCUT2D eigenvalue weighted by molar-refractivity contribution is -0.140. The lowest BCUT2D eigenvalue weighted by atomic mass is 10.1. The van der Waals surface area contributed by atoms with Crippen LogP contribution in [0.1, 0.15) is 23.2 Å². The number of hydrogen-bond acceptors (Lipinski definition) is 4. The van der Waals surface area contributed by atoms with Crippen LogP contribution in [-0.4, -0.2) is 26.0 Å². The first-order valence-electron chi connectivity index (χ1n) is 5.12. The number of benzene rings is 1. The molecular formula is C12H12F2O4. The van der Waals surface area contributed by atoms with Crippen LogP contribution in [0.2, 0.25) is 0 Å². The van der Waals surface area contributed by atoms with Gasteiger partial charge in [-0.15, -0.1) is 0 Å². The van der Waals surface area contributed by atoms with Gasteiger partial charge in [-0.2, -0.15) is 0 Å². The highest BCUT2D eigenvalue weighted by molar-refractivity contribution is 5.97. The largest absolute Gasteiger partial charge is 0.494 e. The number of carbonyl (C=O) groups excluding carboxylic acids is 2. The van der Waals surface area contributed by atoms with Gasteiger partial charge in [0.1, 0.15) is 5.82 Å². The van der Waals surface area contributed by atoms with Crippen LogP contribution in [0.4, 0.5) is 8.78 Å². The summed E-state index contributed by atoms with van der Waals surface area (Å²) in [5, 5.41) is 0. The summed E-state index contributed by atoms with van der Waals surface area (Å²) >= 11 is 0. The maximum atomic E-state index is 13.5. The number of hydrogen-bond donors (Lipinski definition) is 0. The number of ether oxygens (including phenoxy) is 2. The molecule has 0 saturated carbocycles. The maximum absolute atomic E-state index is 13.5. The van der Waals surface area contributed by atoms with Crippen LogP contribution in [0.25, 0.3) is 0 Å². The van der Waals surface area contributed by atoms with Crippen molar-refractivity contribution in [2.24, 2.45) is 0 Å². The monoisotopic (exact) mass is 258 g/mol. The second kappa shape index (κ2) is 6.09. The van der Waals surface area contributed by atoms with E-state index in [2.05, 4.69) is 9.47 Å². The van der Waals surface area contributed by atoms with Crippen molar-refractivity contribution in [3.63, 3.8) is 0 Å². The van der Waals surface area contributed by atoms with E-state index < -0.39 is 29.0 Å². The van der Waals surface area contributed by atoms with Crippen molar-refractivity contribution in [1.29, 1.82) is 0 Å². The molecule has 0 saturated heterocycles. The summed E-state index contributed by atoms with van der Waals surface area (Å²) in [6, 6.07) is 1.55. The molecule has 0 fully saturated rings. The normalized spacial score (nSPS) is 10.0. The van der Waals surface area contributed by atoms with E-state index in [-0.39, 0.29) is 18.6 Å². The topological polar surface area (TPSA) is 52.6 Å². The Hall–Kier alpha value is -1.98. The van der Waals surface area contributed by atoms with Gasteiger partial charge in [-0.05, 0) is 6.07 Å². The van der Waals surface area contributed by atoms with E-state index in [1.807, 2.05) is 0 Å². The lowest BCUT2D eigenvalue weighted by Gasteiger charge is -2.06. The Morgan fingerprint density at radius 3 is 2.33 bits per heavy atom. The van der Waals surface area contributed by atoms with Gasteiger partial charge < -0.3 is 9.47 Å². The summed E-state index contributed by atoms with van der Waals surface area (Å²) in [5.74, 6) is -3.25. The molecule has 1 aromatic carbocycles. The number of carbonyl (C=O) groups is 2. The van der Waals surface area contributed by atoms with Crippen LogP contribution in [0.5, 0.6) is 5.75 Å². The smallest absolute Gasteiger partial charge is 0.305 e. The number of esters is 1. The molecule has 0 N–H and O–H groups in total. The molecule has 0 unspecified atom stereocenters. The van der Waals surface area contributed by atoms with Crippen LogP contribution < -0.4 is 4.74 Å². The van der Waals surface area contributed by atoms with E-state index in [1.54, 1.807) is 0 Å². The average Bonchev–Trinajstić information content (AvgIpc) is 2.37. The second-order valence-electron chi connectivity index (χ2n) is 3.47. The standard InChI is InChI=1S/C12H12F2O4/c1-17-11-6-8(13)7(5-9(11)14)10(15)3-4-12(16)18-2/h5-6H,3-4H2,1-2H3. The first kappa shape index (κ1) is 14.1. The first-order valence-corrected chi connectivity index (χ1v) is 5.12. The SMILES string of the molecule is COC(=O)CCC(=O)c1cc(F)c(OC)cc1F. The molecule has 0 bridgehead atoms. The van der Waals surface area contributed by atoms with E-state index >= 15 is 0 Å². The first-order chi connectivity index (χ1) is 8.49. The Balaban J connectivity index is 2.86. The minimum atomic E-state index is -0.886. The molecule has 0 aromatic heterocycles. The molecule has 0 radical (unpaired) electrons. The summed E-state index contributed by atoms with van der Waals surface area (Å²) in [6.07, 6.45) is -0.419. The third kappa shape index (κ3) is 3.26. The predicted molar refractivity (Wildman–Crippen MR) is 58.5 cm³/mol. The number of halogens is 2. The summed E-state index contributed by atoms with van der Waals surface area (Å²) in [5.41, 5.74) is -0.405. The van der Waals surface area contributed by atoms with E-state index in [1.165, 1.54) is 14.2 Å². The third-order valence-corrected chi connectivity index (χ3v) is 2.33. The highest BCUT2D eigenvalue weighted by Gasteiger charge is 2.17. The maximum Gasteiger partial charge on any atom is 0.305 e. The number of rotatable bonds is 5. The van der Waals surface area contributed by atoms with Gasteiger partial charge in [-0.1, -0.05) is 0 Å². The van der Waals surface area contributed by atoms with Crippen LogP contribution >= 0.6 is 0 Å². The lowest BCUT2D eigenvalue weighted by Crippen LogP contribution is -2.08. The Kier molecular flexibility index (Phi) is 4.76. The molecule has 0 aliphatic carbocycles. The molecule has 0 spiro atoms. The van der Waals surface area contributed by atoms with Crippen molar-refractivity contribution in [1.82, 2.24) is 0 Å². The van der Waals surface area contributed by atoms with Crippen molar-refractivity contribution >= 4 is 11.8 Å². The van der Waals surface area contributed by atoms with E-state index in [4.69, 9.17) is 0 Å². The van der Waals surface area contributed by atoms with Crippen LogP contribution in [0, 0.1) is 11.6 Å². The fraction of sp³-hybridized carbons (Fsp3) is 0.333. The van der Waals surface area contributed by atoms with Gasteiger partial charge >= 0.3 is 5.97 Å². The van der Waals surface area contributed by atoms with Crippen molar-refractivity contribution in [2.75, 3.05) is 14.2 Å². The van der Waals surface area contributed by atoms with Gasteiger partial charge in [0.15, 0.2) is 17.3 Å². The summed E-state index contributed by atoms with van der Waals surface area (Å²) in [6.45, 7) is 0. The van der Waals surface area contributed by atoms with Gasteiger partial charge in [0.05, 0.1) is 26.2 Å². The van der Waals surface area contributed by atoms with Gasteiger partial charge in [0.2, 0.25) is 0 Å². The van der Waals surface area contributed by atoms with Crippen molar-refractivity contribution < 1.29 is 27.8 Å². The van der Waals surface area contributed by atoms with Crippen molar-refractivity contribution in [3.8, 4) is 5.75 Å². The molecule has 1 rings (SSSR count). The minimum absolute atomic E-state index is 0.178. The van der Waals surface area contributed by atoms with Crippen LogP contribution in [0.3, 0.4) is 0 Å². The molecule has 18 heavy (non-hydrogen) atoms. The Morgan fingerprint density at radius 1 is 1.11 bits per heavy atom. The molecule has 0 atom stereocenters. The number of ketones is 1. The highest BCUT2D eigenvalue weighted by Crippen LogP contribution is 2.22. The van der Waals surface area contributed by atoms with Gasteiger partial charge in [-0.25, -0.2) is 8.78 Å². The quantitative estimate of drug-likeness (QED) is 0.599. The Morgan fingerprint density at radius 2 is 1.78 bits per heavy atom. The molecule has 98 valence electrons. The van der Waals surface area contributed by atoms with E-state index in [0.29, 0.717) is 0 Å². The second-order valence-corrected chi connectivity index (χ2v) is 3.47. The zero-order valence-electron chi connectivity index (χ0n) is 9.96. The Bertz CT molecular complexity index is 471. The molecule has 0 aliphatic heterocycles. The summed E-state index contributed by atoms with van der Waals surface area (Å²) < 4.78 is 35.7. The third-order valence-electron chi connectivity index (χ3n) is 2.33. The predicted octanol–water partition coefficient (Wildman–Crippen LogP) is 2.11. The molecule has 0 heterocycles. The van der Waals surface area contributed by atoms with Crippen molar-refractivity contribution in [2.45, 2.75) is 12.8 Å². The number of methoxy groups -OCH3 is 2. The summed E-state index contributed by atoms with van der Waals surface area (Å²) in [7, 11) is 2.37. The molecule has 0 aliphatic rings. The van der Waals surface area contributed by atoms with E-state index in [9.17, 15) is 18.4 Å². The number of Topliss-reactive ketones (excluding diaryl/α,β-unsaturated/α-hetero) is 1. The zero-order chi connectivity index (χ0) is 13.7. The highest BCUT2D eigenvalue weighted by atomic mass is 19.1. The zero-order valence-corrected chi connectivity index (χ0v) is 9.96. The van der Waals surface area contributed by atoms with Gasteiger partial charge in [0, 0.05) is 12.5 Å². The minimum Gasteiger partial charge on any atom is -0.494 e. The van der Waals surface area contributed by atoms with Crippen molar-refractivity contribution in [3.05, 3.63) is 29.3 Å². The van der Waals surface area contributed by atoms with E-state index in [0.717, 1.165) is 12.1 Å². The van der Waals surface area contributed by atoms with Crippen LogP contribution in [0.15, 0.2) is 12.1 Å². The Labute approximate surface area is 103 Å². The fourth-order valence-electron chi connectivity index (χ4n) is 1.35. The van der Waals surface area contributed by atoms with Gasteiger partial charge in [-0.3, -0.25) is 9.59 Å². The molecule has 4 nitrogen and oxygen atoms in total. The van der Waals surface area contributed by atoms with Crippen LogP contribution in [-0.2, 0) is 9.53 Å².